The summed E-state index contributed by atoms with van der Waals surface area (Å²) >= 11 is 11.1. The van der Waals surface area contributed by atoms with E-state index in [1.54, 1.807) is 32.0 Å². The maximum Gasteiger partial charge on any atom is 0.426 e. The van der Waals surface area contributed by atoms with Crippen LogP contribution in [-0.2, 0) is 9.53 Å². The number of ether oxygens (including phenoxy) is 2. The van der Waals surface area contributed by atoms with Crippen molar-refractivity contribution in [3.8, 4) is 17.6 Å². The molecule has 0 unspecified atom stereocenters. The van der Waals surface area contributed by atoms with Gasteiger partial charge in [-0.25, -0.2) is 4.39 Å². The molecule has 2 aromatic rings. The van der Waals surface area contributed by atoms with Crippen molar-refractivity contribution < 1.29 is 31.8 Å². The predicted molar refractivity (Wildman–Crippen MR) is 113 cm³/mol. The molecule has 0 N–H and O–H groups in total. The second-order valence-corrected chi connectivity index (χ2v) is 8.87. The second kappa shape index (κ2) is 9.24. The fourth-order valence-electron chi connectivity index (χ4n) is 3.44. The van der Waals surface area contributed by atoms with Crippen molar-refractivity contribution >= 4 is 29.2 Å². The smallest absolute Gasteiger partial charge is 0.426 e. The van der Waals surface area contributed by atoms with Gasteiger partial charge in [0.15, 0.2) is 11.6 Å². The first-order chi connectivity index (χ1) is 15.3. The first-order valence-electron chi connectivity index (χ1n) is 9.62. The maximum absolute atomic E-state index is 14.2. The third-order valence-corrected chi connectivity index (χ3v) is 6.00. The van der Waals surface area contributed by atoms with Crippen molar-refractivity contribution in [2.75, 3.05) is 0 Å². The Bertz CT molecular complexity index is 1120. The molecule has 0 saturated heterocycles. The van der Waals surface area contributed by atoms with E-state index >= 15 is 0 Å². The molecule has 0 heterocycles. The van der Waals surface area contributed by atoms with Gasteiger partial charge in [0, 0.05) is 10.6 Å². The van der Waals surface area contributed by atoms with Crippen molar-refractivity contribution in [1.29, 1.82) is 5.26 Å². The summed E-state index contributed by atoms with van der Waals surface area (Å²) in [5, 5.41) is 8.64. The predicted octanol–water partition coefficient (Wildman–Crippen LogP) is 7.34. The SMILES string of the molecule is CC1(C)[C@H](C(=O)O[C@@H](C#N)c2ccc(F)c(Oc3ccc(Cl)cc3)c2)[C@@H]1/C=C(\Cl)C(F)(F)F. The van der Waals surface area contributed by atoms with Crippen LogP contribution in [0.1, 0.15) is 25.5 Å². The molecule has 1 aliphatic carbocycles. The number of allylic oxidation sites excluding steroid dienone is 2. The van der Waals surface area contributed by atoms with E-state index in [1.165, 1.54) is 24.3 Å². The highest BCUT2D eigenvalue weighted by Gasteiger charge is 2.62. The number of carbonyl (C=O) groups excluding carboxylic acids is 1. The topological polar surface area (TPSA) is 59.3 Å². The zero-order valence-corrected chi connectivity index (χ0v) is 18.8. The zero-order valence-electron chi connectivity index (χ0n) is 17.3. The molecule has 1 fully saturated rings. The number of benzene rings is 2. The molecular formula is C23H17Cl2F4NO3. The molecule has 0 aliphatic heterocycles. The number of esters is 1. The lowest BCUT2D eigenvalue weighted by Crippen LogP contribution is -2.15. The zero-order chi connectivity index (χ0) is 24.6. The average molecular weight is 502 g/mol. The van der Waals surface area contributed by atoms with Gasteiger partial charge in [-0.1, -0.05) is 49.2 Å². The monoisotopic (exact) mass is 501 g/mol. The Morgan fingerprint density at radius 1 is 1.21 bits per heavy atom. The summed E-state index contributed by atoms with van der Waals surface area (Å²) in [5.74, 6) is -3.23. The lowest BCUT2D eigenvalue weighted by atomic mass is 10.1. The van der Waals surface area contributed by atoms with E-state index in [9.17, 15) is 27.6 Å². The fourth-order valence-corrected chi connectivity index (χ4v) is 3.70. The molecule has 0 spiro atoms. The van der Waals surface area contributed by atoms with Crippen LogP contribution >= 0.6 is 23.2 Å². The Labute approximate surface area is 197 Å². The van der Waals surface area contributed by atoms with E-state index in [1.807, 2.05) is 0 Å². The van der Waals surface area contributed by atoms with E-state index in [2.05, 4.69) is 0 Å². The van der Waals surface area contributed by atoms with Crippen LogP contribution in [0.4, 0.5) is 17.6 Å². The summed E-state index contributed by atoms with van der Waals surface area (Å²) in [6, 6.07) is 11.4. The molecule has 0 aromatic heterocycles. The molecule has 174 valence electrons. The van der Waals surface area contributed by atoms with Crippen LogP contribution < -0.4 is 4.74 Å². The minimum absolute atomic E-state index is 0.134. The summed E-state index contributed by atoms with van der Waals surface area (Å²) in [7, 11) is 0. The van der Waals surface area contributed by atoms with Crippen LogP contribution in [0.15, 0.2) is 53.6 Å². The summed E-state index contributed by atoms with van der Waals surface area (Å²) in [6.07, 6.45) is -5.37. The van der Waals surface area contributed by atoms with E-state index in [-0.39, 0.29) is 17.1 Å². The third-order valence-electron chi connectivity index (χ3n) is 5.41. The van der Waals surface area contributed by atoms with Crippen LogP contribution in [0, 0.1) is 34.4 Å². The number of rotatable bonds is 6. The molecular weight excluding hydrogens is 485 g/mol. The van der Waals surface area contributed by atoms with Crippen molar-refractivity contribution in [3.63, 3.8) is 0 Å². The van der Waals surface area contributed by atoms with Crippen LogP contribution in [0.5, 0.6) is 11.5 Å². The van der Waals surface area contributed by atoms with Gasteiger partial charge in [-0.15, -0.1) is 0 Å². The Morgan fingerprint density at radius 2 is 1.85 bits per heavy atom. The van der Waals surface area contributed by atoms with Crippen molar-refractivity contribution in [2.24, 2.45) is 17.3 Å². The molecule has 0 amide bonds. The van der Waals surface area contributed by atoms with Crippen molar-refractivity contribution in [2.45, 2.75) is 26.1 Å². The summed E-state index contributed by atoms with van der Waals surface area (Å²) in [5.41, 5.74) is -0.705. The van der Waals surface area contributed by atoms with Gasteiger partial charge >= 0.3 is 12.1 Å². The Kier molecular flexibility index (Phi) is 6.96. The summed E-state index contributed by atoms with van der Waals surface area (Å²) < 4.78 is 63.2. The number of nitrogens with zero attached hydrogens (tertiary/aromatic N) is 1. The van der Waals surface area contributed by atoms with E-state index in [4.69, 9.17) is 32.7 Å². The first-order valence-corrected chi connectivity index (χ1v) is 10.4. The molecule has 1 aliphatic rings. The lowest BCUT2D eigenvalue weighted by Gasteiger charge is -2.14. The fraction of sp³-hybridized carbons (Fsp3) is 0.304. The number of alkyl halides is 3. The number of halogens is 6. The highest BCUT2D eigenvalue weighted by atomic mass is 35.5. The average Bonchev–Trinajstić information content (AvgIpc) is 3.28. The van der Waals surface area contributed by atoms with Crippen molar-refractivity contribution in [1.82, 2.24) is 0 Å². The van der Waals surface area contributed by atoms with Crippen LogP contribution in [0.2, 0.25) is 5.02 Å². The first kappa shape index (κ1) is 24.9. The van der Waals surface area contributed by atoms with Gasteiger partial charge in [0.25, 0.3) is 0 Å². The third kappa shape index (κ3) is 5.60. The standard InChI is InChI=1S/C23H17Cl2F4NO3/c1-22(2)15(10-19(25)23(27,28)29)20(22)21(31)33-18(11-30)12-3-8-16(26)17(9-12)32-14-6-4-13(24)5-7-14/h3-10,15,18,20H,1-2H3/b19-10-/t15-,18-,20-/m0/s1. The molecule has 3 atom stereocenters. The Balaban J connectivity index is 1.76. The van der Waals surface area contributed by atoms with Gasteiger partial charge in [0.05, 0.1) is 5.92 Å². The van der Waals surface area contributed by atoms with E-state index < -0.39 is 46.3 Å². The van der Waals surface area contributed by atoms with Crippen LogP contribution in [0.3, 0.4) is 0 Å². The molecule has 3 rings (SSSR count). The van der Waals surface area contributed by atoms with Crippen LogP contribution in [0.25, 0.3) is 0 Å². The second-order valence-electron chi connectivity index (χ2n) is 8.03. The molecule has 33 heavy (non-hydrogen) atoms. The minimum atomic E-state index is -4.72. The van der Waals surface area contributed by atoms with Crippen LogP contribution in [-0.4, -0.2) is 12.1 Å². The van der Waals surface area contributed by atoms with Crippen molar-refractivity contribution in [3.05, 3.63) is 70.0 Å². The largest absolute Gasteiger partial charge is 0.454 e. The quantitative estimate of drug-likeness (QED) is 0.307. The number of hydrogen-bond donors (Lipinski definition) is 0. The lowest BCUT2D eigenvalue weighted by molar-refractivity contribution is -0.149. The normalized spacial score (nSPS) is 20.5. The van der Waals surface area contributed by atoms with E-state index in [0.29, 0.717) is 5.02 Å². The molecule has 10 heteroatoms. The highest BCUT2D eigenvalue weighted by Crippen LogP contribution is 2.60. The Hall–Kier alpha value is -2.76. The summed E-state index contributed by atoms with van der Waals surface area (Å²) in [6.45, 7) is 3.19. The van der Waals surface area contributed by atoms with Gasteiger partial charge in [-0.05, 0) is 47.7 Å². The van der Waals surface area contributed by atoms with Gasteiger partial charge in [-0.3, -0.25) is 4.79 Å². The maximum atomic E-state index is 14.2. The molecule has 1 saturated carbocycles. The number of hydrogen-bond acceptors (Lipinski definition) is 4. The number of nitriles is 1. The van der Waals surface area contributed by atoms with Gasteiger partial charge < -0.3 is 9.47 Å². The minimum Gasteiger partial charge on any atom is -0.454 e. The van der Waals surface area contributed by atoms with Gasteiger partial charge in [0.2, 0.25) is 6.10 Å². The molecule has 4 nitrogen and oxygen atoms in total. The highest BCUT2D eigenvalue weighted by molar-refractivity contribution is 6.30. The summed E-state index contributed by atoms with van der Waals surface area (Å²) in [4.78, 5) is 12.6. The van der Waals surface area contributed by atoms with Gasteiger partial charge in [-0.2, -0.15) is 18.4 Å². The van der Waals surface area contributed by atoms with E-state index in [0.717, 1.165) is 12.1 Å². The Morgan fingerprint density at radius 3 is 2.42 bits per heavy atom. The molecule has 0 bridgehead atoms. The molecule has 2 aromatic carbocycles. The molecule has 0 radical (unpaired) electrons. The number of carbonyl (C=O) groups is 1. The van der Waals surface area contributed by atoms with Gasteiger partial charge in [0.1, 0.15) is 16.9 Å².